The van der Waals surface area contributed by atoms with Crippen LogP contribution < -0.4 is 11.1 Å². The summed E-state index contributed by atoms with van der Waals surface area (Å²) < 4.78 is 47.1. The Morgan fingerprint density at radius 3 is 0.977 bits per heavy atom. The Kier molecular flexibility index (Phi) is 45.1. The van der Waals surface area contributed by atoms with E-state index in [-0.39, 0.29) is 99.0 Å². The highest BCUT2D eigenvalue weighted by Crippen LogP contribution is 2.38. The number of carbonyl (C=O) groups excluding carboxylic acids is 3. The maximum atomic E-state index is 11.9. The molecule has 2 unspecified atom stereocenters. The van der Waals surface area contributed by atoms with Crippen LogP contribution in [0.3, 0.4) is 0 Å². The average Bonchev–Trinajstić information content (AvgIpc) is 2.64. The first kappa shape index (κ1) is 83.2. The molecule has 21 heteroatoms. The minimum absolute atomic E-state index is 0. The number of hydrogen-bond donors (Lipinski definition) is 7. The molecule has 6 aliphatic carbocycles. The molecule has 492 valence electrons. The van der Waals surface area contributed by atoms with E-state index in [4.69, 9.17) is 95.8 Å². The third-order valence-electron chi connectivity index (χ3n) is 14.1. The number of rotatable bonds is 16. The molecular formula is C66H104N2O19. The van der Waals surface area contributed by atoms with Gasteiger partial charge in [0.1, 0.15) is 70.0 Å². The zero-order valence-electron chi connectivity index (χ0n) is 52.0. The lowest BCUT2D eigenvalue weighted by molar-refractivity contribution is -0.152. The van der Waals surface area contributed by atoms with Gasteiger partial charge in [-0.2, -0.15) is 0 Å². The first-order chi connectivity index (χ1) is 40.6. The maximum absolute atomic E-state index is 11.9. The predicted octanol–water partition coefficient (Wildman–Crippen LogP) is 6.75. The second kappa shape index (κ2) is 47.2. The van der Waals surface area contributed by atoms with Gasteiger partial charge in [0, 0.05) is 13.8 Å². The fraction of sp³-hybridized carbons (Fsp3) is 0.742. The number of hydrogen-bond acceptors (Lipinski definition) is 18. The molecule has 0 bridgehead atoms. The zero-order chi connectivity index (χ0) is 65.3. The van der Waals surface area contributed by atoms with Crippen molar-refractivity contribution in [1.29, 1.82) is 0 Å². The van der Waals surface area contributed by atoms with Gasteiger partial charge in [-0.05, 0) is 126 Å². The van der Waals surface area contributed by atoms with Crippen molar-refractivity contribution in [3.8, 4) is 74.1 Å². The summed E-state index contributed by atoms with van der Waals surface area (Å²) in [6.45, 7) is 14.7. The van der Waals surface area contributed by atoms with Crippen LogP contribution in [0.15, 0.2) is 0 Å². The molecule has 7 aliphatic rings. The molecule has 1 saturated heterocycles. The van der Waals surface area contributed by atoms with Crippen molar-refractivity contribution in [2.75, 3.05) is 39.6 Å². The molecule has 7 fully saturated rings. The van der Waals surface area contributed by atoms with Gasteiger partial charge < -0.3 is 79.2 Å². The third kappa shape index (κ3) is 38.2. The molecule has 21 nitrogen and oxygen atoms in total. The molecule has 14 atom stereocenters. The van der Waals surface area contributed by atoms with Crippen LogP contribution in [0.4, 0.5) is 4.79 Å². The molecule has 0 radical (unpaired) electrons. The Morgan fingerprint density at radius 1 is 0.483 bits per heavy atom. The topological polar surface area (TPSA) is 311 Å². The zero-order valence-corrected chi connectivity index (χ0v) is 52.0. The number of aliphatic hydroxyl groups is 3. The summed E-state index contributed by atoms with van der Waals surface area (Å²) in [4.78, 5) is 54.7. The van der Waals surface area contributed by atoms with E-state index in [1.54, 1.807) is 41.5 Å². The molecule has 1 amide bonds. The molecule has 6 saturated carbocycles. The quantitative estimate of drug-likeness (QED) is 0.0364. The third-order valence-corrected chi connectivity index (χ3v) is 14.1. The van der Waals surface area contributed by atoms with Crippen molar-refractivity contribution < 1.29 is 92.1 Å². The van der Waals surface area contributed by atoms with E-state index < -0.39 is 35.5 Å². The molecule has 0 aromatic carbocycles. The minimum atomic E-state index is -1.09. The number of nitrogens with two attached hydrogens (primary N) is 1. The number of aliphatic hydroxyl groups excluding tert-OH is 3. The maximum Gasteiger partial charge on any atom is 0.408 e. The highest BCUT2D eigenvalue weighted by atomic mass is 16.6. The summed E-state index contributed by atoms with van der Waals surface area (Å²) in [5, 5.41) is 46.0. The molecule has 0 spiro atoms. The number of alkyl carbamates (subject to hydrolysis) is 1. The summed E-state index contributed by atoms with van der Waals surface area (Å²) in [5.74, 6) is 11.4. The highest BCUT2D eigenvalue weighted by Gasteiger charge is 2.42. The Hall–Kier alpha value is -5.89. The van der Waals surface area contributed by atoms with Crippen molar-refractivity contribution in [1.82, 2.24) is 5.32 Å². The number of carbonyl (C=O) groups is 5. The van der Waals surface area contributed by atoms with Crippen molar-refractivity contribution in [3.63, 3.8) is 0 Å². The molecule has 8 N–H and O–H groups in total. The predicted molar refractivity (Wildman–Crippen MR) is 330 cm³/mol. The fourth-order valence-electron chi connectivity index (χ4n) is 9.57. The molecule has 1 aliphatic heterocycles. The highest BCUT2D eigenvalue weighted by molar-refractivity contribution is 5.80. The Labute approximate surface area is 519 Å². The molecular weight excluding hydrogens is 1120 g/mol. The normalized spacial score (nSPS) is 26.3. The summed E-state index contributed by atoms with van der Waals surface area (Å²) in [5.41, 5.74) is 4.34. The van der Waals surface area contributed by atoms with Gasteiger partial charge in [-0.3, -0.25) is 14.4 Å². The lowest BCUT2D eigenvalue weighted by Crippen LogP contribution is -2.50. The van der Waals surface area contributed by atoms with Crippen LogP contribution in [0.1, 0.15) is 178 Å². The monoisotopic (exact) mass is 1230 g/mol. The average molecular weight is 1230 g/mol. The Balaban J connectivity index is 0. The molecule has 7 rings (SSSR count). The summed E-state index contributed by atoms with van der Waals surface area (Å²) in [6.07, 6.45) is 47.0. The molecule has 0 aromatic rings. The molecule has 1 heterocycles. The van der Waals surface area contributed by atoms with E-state index >= 15 is 0 Å². The lowest BCUT2D eigenvalue weighted by Gasteiger charge is -2.28. The smallest absolute Gasteiger partial charge is 0.408 e. The number of amides is 1. The van der Waals surface area contributed by atoms with Crippen molar-refractivity contribution >= 4 is 30.0 Å². The van der Waals surface area contributed by atoms with E-state index in [0.717, 1.165) is 89.9 Å². The second-order valence-corrected chi connectivity index (χ2v) is 23.3. The fourth-order valence-corrected chi connectivity index (χ4v) is 9.57. The Morgan fingerprint density at radius 2 is 0.770 bits per heavy atom. The largest absolute Gasteiger partial charge is 0.480 e. The van der Waals surface area contributed by atoms with Crippen LogP contribution in [-0.2, 0) is 61.8 Å². The van der Waals surface area contributed by atoms with Gasteiger partial charge in [0.05, 0.1) is 54.9 Å². The number of carboxylic acid groups (broad SMARTS) is 2. The van der Waals surface area contributed by atoms with Crippen LogP contribution in [0.25, 0.3) is 0 Å². The summed E-state index contributed by atoms with van der Waals surface area (Å²) in [6, 6.07) is -1.78. The van der Waals surface area contributed by atoms with E-state index in [9.17, 15) is 34.2 Å². The number of epoxide rings is 1. The van der Waals surface area contributed by atoms with Crippen LogP contribution in [-0.4, -0.2) is 180 Å². The number of fused-ring (bicyclic) bond motifs is 1. The Bertz CT molecular complexity index is 2130. The molecule has 87 heavy (non-hydrogen) atoms. The standard InChI is InChI=1S/C15H23NO5.2C10H14O3.2C8H12O2.C6H13NO2.C5H8O.C3H4O.CH4/c1-5-9-20-10-7-6-8-11(10)21-14(19)16-12(13(17)18)15(2,3)4;2*1-3-7-12-9-5-4-6-10(9)13-8(2)11;2*1-2-6-10-8-5-3-4-7(8)9;1-6(2,3)4(7)5(8)9;1-2-4-5(3-1)6-4;1-2-3-4;/h1,10-12H,6-9H2,2-4H3,(H,16,19)(H,17,18);2*1,9-10H,4-7H2,2H3;2*1,7-9H,3-6H2;4H,7H2,1-3H3,(H,8,9);4-5H,1-3H2;1,4H,3H2;1H4/t10-,11-,12-;2*9-,10-;2*7-,8-;4-;;;/m110111.../s1. The van der Waals surface area contributed by atoms with Gasteiger partial charge in [0.25, 0.3) is 0 Å². The van der Waals surface area contributed by atoms with E-state index in [0.29, 0.717) is 45.1 Å². The first-order valence-electron chi connectivity index (χ1n) is 29.5. The lowest BCUT2D eigenvalue weighted by atomic mass is 9.87. The van der Waals surface area contributed by atoms with Crippen LogP contribution in [0.2, 0.25) is 0 Å². The summed E-state index contributed by atoms with van der Waals surface area (Å²) >= 11 is 0. The number of ether oxygens (including phenoxy) is 9. The van der Waals surface area contributed by atoms with Crippen LogP contribution >= 0.6 is 0 Å². The van der Waals surface area contributed by atoms with Crippen LogP contribution in [0, 0.1) is 84.9 Å². The first-order valence-corrected chi connectivity index (χ1v) is 29.5. The van der Waals surface area contributed by atoms with Crippen molar-refractivity contribution in [2.24, 2.45) is 16.6 Å². The van der Waals surface area contributed by atoms with E-state index in [2.05, 4.69) is 41.3 Å². The van der Waals surface area contributed by atoms with Gasteiger partial charge in [0.15, 0.2) is 0 Å². The van der Waals surface area contributed by atoms with Gasteiger partial charge in [-0.25, -0.2) is 9.59 Å². The van der Waals surface area contributed by atoms with Gasteiger partial charge in [-0.1, -0.05) is 84.5 Å². The minimum Gasteiger partial charge on any atom is -0.480 e. The number of terminal acetylenes is 6. The van der Waals surface area contributed by atoms with E-state index in [1.165, 1.54) is 33.1 Å². The SMILES string of the molecule is C.C#CCO.C#CCO[C@@H]1CCC[C@H]1O.C#CCO[C@@H]1CCC[C@H]1O.C#CCO[C@@H]1CCC[C@H]1OC(=O)N[C@H](C(=O)O)C(C)(C)C.C#CCO[C@@H]1CCC[C@H]1OC(C)=O.C#CCO[C@H]1CCC[C@@H]1OC(C)=O.C1CC2OC2C1.CC(C)(C)[C@H](N)C(=O)O. The van der Waals surface area contributed by atoms with Crippen LogP contribution in [0.5, 0.6) is 0 Å². The summed E-state index contributed by atoms with van der Waals surface area (Å²) in [7, 11) is 0. The van der Waals surface area contributed by atoms with Gasteiger partial charge in [0.2, 0.25) is 0 Å². The number of carboxylic acids is 2. The molecule has 0 aromatic heterocycles. The number of aliphatic carboxylic acids is 2. The number of esters is 2. The van der Waals surface area contributed by atoms with Crippen molar-refractivity contribution in [2.45, 2.75) is 264 Å². The van der Waals surface area contributed by atoms with Gasteiger partial charge >= 0.3 is 30.0 Å². The second-order valence-electron chi connectivity index (χ2n) is 23.3. The number of nitrogens with one attached hydrogen (secondary N) is 1. The van der Waals surface area contributed by atoms with Crippen molar-refractivity contribution in [3.05, 3.63) is 0 Å². The van der Waals surface area contributed by atoms with E-state index in [1.807, 2.05) is 5.92 Å². The van der Waals surface area contributed by atoms with Gasteiger partial charge in [-0.15, -0.1) is 38.5 Å².